The van der Waals surface area contributed by atoms with Crippen molar-refractivity contribution in [3.63, 3.8) is 0 Å². The van der Waals surface area contributed by atoms with Crippen molar-refractivity contribution in [2.75, 3.05) is 18.4 Å². The van der Waals surface area contributed by atoms with Gasteiger partial charge in [-0.3, -0.25) is 4.79 Å². The number of morpholine rings is 1. The van der Waals surface area contributed by atoms with Gasteiger partial charge in [0.2, 0.25) is 0 Å². The van der Waals surface area contributed by atoms with E-state index < -0.39 is 5.82 Å². The number of carbonyl (C=O) groups excluding carboxylic acids is 1. The zero-order chi connectivity index (χ0) is 14.0. The van der Waals surface area contributed by atoms with E-state index in [1.807, 2.05) is 6.92 Å². The van der Waals surface area contributed by atoms with Crippen LogP contribution in [0.4, 0.5) is 4.39 Å². The molecular formula is C13H14BrClFNO2. The second-order valence-electron chi connectivity index (χ2n) is 4.56. The van der Waals surface area contributed by atoms with Gasteiger partial charge >= 0.3 is 0 Å². The van der Waals surface area contributed by atoms with Crippen LogP contribution in [0.5, 0.6) is 0 Å². The first-order valence-corrected chi connectivity index (χ1v) is 7.47. The van der Waals surface area contributed by atoms with Crippen LogP contribution in [-0.2, 0) is 4.74 Å². The Labute approximate surface area is 124 Å². The standard InChI is InChI=1S/C13H14BrClFNO2/c1-8-6-17(7-10(5-14)19-8)13(18)9-2-3-11(15)12(16)4-9/h2-4,8,10H,5-7H2,1H3. The van der Waals surface area contributed by atoms with Crippen molar-refractivity contribution in [2.24, 2.45) is 0 Å². The predicted octanol–water partition coefficient (Wildman–Crippen LogP) is 3.10. The summed E-state index contributed by atoms with van der Waals surface area (Å²) in [5, 5.41) is 0.682. The third-order valence-corrected chi connectivity index (χ3v) is 3.98. The van der Waals surface area contributed by atoms with E-state index in [0.717, 1.165) is 0 Å². The molecule has 3 nitrogen and oxygen atoms in total. The van der Waals surface area contributed by atoms with Crippen molar-refractivity contribution < 1.29 is 13.9 Å². The van der Waals surface area contributed by atoms with Crippen LogP contribution in [0, 0.1) is 5.82 Å². The summed E-state index contributed by atoms with van der Waals surface area (Å²) in [6, 6.07) is 4.11. The number of alkyl halides is 1. The number of amides is 1. The normalized spacial score (nSPS) is 23.5. The van der Waals surface area contributed by atoms with E-state index in [1.54, 1.807) is 4.90 Å². The van der Waals surface area contributed by atoms with Crippen LogP contribution < -0.4 is 0 Å². The molecule has 19 heavy (non-hydrogen) atoms. The first kappa shape index (κ1) is 14.8. The Morgan fingerprint density at radius 3 is 2.95 bits per heavy atom. The molecule has 2 atom stereocenters. The molecule has 1 saturated heterocycles. The molecule has 0 spiro atoms. The summed E-state index contributed by atoms with van der Waals surface area (Å²) in [7, 11) is 0. The molecule has 6 heteroatoms. The first-order valence-electron chi connectivity index (χ1n) is 5.97. The van der Waals surface area contributed by atoms with Crippen LogP contribution in [0.1, 0.15) is 17.3 Å². The SMILES string of the molecule is CC1CN(C(=O)c2ccc(Cl)c(F)c2)CC(CBr)O1. The largest absolute Gasteiger partial charge is 0.371 e. The van der Waals surface area contributed by atoms with E-state index >= 15 is 0 Å². The van der Waals surface area contributed by atoms with Crippen LogP contribution in [0.3, 0.4) is 0 Å². The lowest BCUT2D eigenvalue weighted by Gasteiger charge is -2.36. The van der Waals surface area contributed by atoms with E-state index in [0.29, 0.717) is 24.0 Å². The van der Waals surface area contributed by atoms with Gasteiger partial charge < -0.3 is 9.64 Å². The van der Waals surface area contributed by atoms with E-state index in [-0.39, 0.29) is 23.1 Å². The fourth-order valence-electron chi connectivity index (χ4n) is 2.11. The molecule has 1 aromatic rings. The van der Waals surface area contributed by atoms with Crippen LogP contribution in [0.15, 0.2) is 18.2 Å². The van der Waals surface area contributed by atoms with E-state index in [4.69, 9.17) is 16.3 Å². The Morgan fingerprint density at radius 1 is 1.58 bits per heavy atom. The molecule has 0 bridgehead atoms. The minimum absolute atomic E-state index is 0.0187. The van der Waals surface area contributed by atoms with Gasteiger partial charge in [-0.15, -0.1) is 0 Å². The Balaban J connectivity index is 2.16. The highest BCUT2D eigenvalue weighted by Gasteiger charge is 2.28. The average molecular weight is 351 g/mol. The van der Waals surface area contributed by atoms with Gasteiger partial charge in [0.25, 0.3) is 5.91 Å². The molecule has 1 amide bonds. The highest BCUT2D eigenvalue weighted by molar-refractivity contribution is 9.09. The van der Waals surface area contributed by atoms with Gasteiger partial charge in [-0.1, -0.05) is 27.5 Å². The summed E-state index contributed by atoms with van der Waals surface area (Å²) in [5.41, 5.74) is 0.310. The lowest BCUT2D eigenvalue weighted by Crippen LogP contribution is -2.49. The van der Waals surface area contributed by atoms with Crippen molar-refractivity contribution in [3.05, 3.63) is 34.6 Å². The van der Waals surface area contributed by atoms with Crippen LogP contribution >= 0.6 is 27.5 Å². The summed E-state index contributed by atoms with van der Waals surface area (Å²) < 4.78 is 19.0. The Morgan fingerprint density at radius 2 is 2.32 bits per heavy atom. The third kappa shape index (κ3) is 3.46. The summed E-state index contributed by atoms with van der Waals surface area (Å²) >= 11 is 8.97. The fourth-order valence-corrected chi connectivity index (χ4v) is 2.58. The molecule has 1 heterocycles. The van der Waals surface area contributed by atoms with Gasteiger partial charge in [-0.25, -0.2) is 4.39 Å². The Bertz CT molecular complexity index is 486. The number of nitrogens with zero attached hydrogens (tertiary/aromatic N) is 1. The highest BCUT2D eigenvalue weighted by Crippen LogP contribution is 2.19. The zero-order valence-electron chi connectivity index (χ0n) is 10.4. The van der Waals surface area contributed by atoms with E-state index in [2.05, 4.69) is 15.9 Å². The van der Waals surface area contributed by atoms with Gasteiger partial charge in [0, 0.05) is 24.0 Å². The molecule has 1 fully saturated rings. The van der Waals surface area contributed by atoms with Gasteiger partial charge in [0.05, 0.1) is 17.2 Å². The van der Waals surface area contributed by atoms with Gasteiger partial charge in [-0.05, 0) is 25.1 Å². The molecule has 0 radical (unpaired) electrons. The Kier molecular flexibility index (Phi) is 4.81. The number of benzene rings is 1. The average Bonchev–Trinajstić information content (AvgIpc) is 2.40. The molecule has 104 valence electrons. The summed E-state index contributed by atoms with van der Waals surface area (Å²) in [6.07, 6.45) is -0.0674. The van der Waals surface area contributed by atoms with E-state index in [1.165, 1.54) is 18.2 Å². The second kappa shape index (κ2) is 6.20. The molecule has 1 aromatic carbocycles. The third-order valence-electron chi connectivity index (χ3n) is 2.95. The van der Waals surface area contributed by atoms with Crippen LogP contribution in [0.2, 0.25) is 5.02 Å². The number of carbonyl (C=O) groups is 1. The first-order chi connectivity index (χ1) is 9.01. The van der Waals surface area contributed by atoms with Crippen molar-refractivity contribution in [2.45, 2.75) is 19.1 Å². The fraction of sp³-hybridized carbons (Fsp3) is 0.462. The number of hydrogen-bond donors (Lipinski definition) is 0. The molecule has 0 N–H and O–H groups in total. The topological polar surface area (TPSA) is 29.5 Å². The van der Waals surface area contributed by atoms with Crippen molar-refractivity contribution in [3.8, 4) is 0 Å². The molecule has 2 rings (SSSR count). The van der Waals surface area contributed by atoms with Crippen molar-refractivity contribution in [1.29, 1.82) is 0 Å². The summed E-state index contributed by atoms with van der Waals surface area (Å²) in [4.78, 5) is 14.0. The van der Waals surface area contributed by atoms with Crippen molar-refractivity contribution in [1.82, 2.24) is 4.90 Å². The Hall–Kier alpha value is -0.650. The summed E-state index contributed by atoms with van der Waals surface area (Å²) in [6.45, 7) is 2.92. The maximum atomic E-state index is 13.4. The molecule has 0 aromatic heterocycles. The maximum Gasteiger partial charge on any atom is 0.254 e. The van der Waals surface area contributed by atoms with Gasteiger partial charge in [0.15, 0.2) is 0 Å². The second-order valence-corrected chi connectivity index (χ2v) is 5.62. The number of rotatable bonds is 2. The zero-order valence-corrected chi connectivity index (χ0v) is 12.7. The molecule has 0 aliphatic carbocycles. The van der Waals surface area contributed by atoms with Crippen LogP contribution in [-0.4, -0.2) is 41.4 Å². The van der Waals surface area contributed by atoms with Crippen molar-refractivity contribution >= 4 is 33.4 Å². The monoisotopic (exact) mass is 349 g/mol. The molecular weight excluding hydrogens is 337 g/mol. The molecule has 2 unspecified atom stereocenters. The van der Waals surface area contributed by atoms with Crippen LogP contribution in [0.25, 0.3) is 0 Å². The summed E-state index contributed by atoms with van der Waals surface area (Å²) in [5.74, 6) is -0.775. The van der Waals surface area contributed by atoms with Gasteiger partial charge in [-0.2, -0.15) is 0 Å². The lowest BCUT2D eigenvalue weighted by atomic mass is 10.1. The number of hydrogen-bond acceptors (Lipinski definition) is 2. The molecule has 0 saturated carbocycles. The van der Waals surface area contributed by atoms with Gasteiger partial charge in [0.1, 0.15) is 5.82 Å². The minimum Gasteiger partial charge on any atom is -0.371 e. The minimum atomic E-state index is -0.578. The smallest absolute Gasteiger partial charge is 0.254 e. The van der Waals surface area contributed by atoms with E-state index in [9.17, 15) is 9.18 Å². The number of ether oxygens (including phenoxy) is 1. The number of halogens is 3. The molecule has 1 aliphatic rings. The highest BCUT2D eigenvalue weighted by atomic mass is 79.9. The quantitative estimate of drug-likeness (QED) is 0.767. The lowest BCUT2D eigenvalue weighted by molar-refractivity contribution is -0.0559. The maximum absolute atomic E-state index is 13.4. The predicted molar refractivity (Wildman–Crippen MR) is 75.4 cm³/mol. The molecule has 1 aliphatic heterocycles.